The Labute approximate surface area is 79.1 Å². The first-order valence-electron chi connectivity index (χ1n) is 4.26. The van der Waals surface area contributed by atoms with Gasteiger partial charge < -0.3 is 5.73 Å². The molecule has 0 rings (SSSR count). The minimum absolute atomic E-state index is 0.462. The number of allylic oxidation sites excluding steroid dienone is 6. The molecular weight excluding hydrogens is 165 g/mol. The van der Waals surface area contributed by atoms with Crippen molar-refractivity contribution in [2.24, 2.45) is 5.73 Å². The standard InChI is InChI=1S/C11H16FN/c1-3-6-11(7-5-8-12)10(4-2)9-13/h3,5-7,9H,1,4,8,13H2,2H3/b7-5-,10-9-,11-6+. The molecule has 0 fully saturated rings. The van der Waals surface area contributed by atoms with Gasteiger partial charge in [-0.3, -0.25) is 0 Å². The quantitative estimate of drug-likeness (QED) is 0.648. The number of halogens is 1. The van der Waals surface area contributed by atoms with Crippen LogP contribution in [0.2, 0.25) is 0 Å². The van der Waals surface area contributed by atoms with Crippen LogP contribution in [0.4, 0.5) is 4.39 Å². The second kappa shape index (κ2) is 7.35. The topological polar surface area (TPSA) is 26.0 Å². The fourth-order valence-corrected chi connectivity index (χ4v) is 0.986. The minimum Gasteiger partial charge on any atom is -0.404 e. The molecule has 0 aromatic carbocycles. The van der Waals surface area contributed by atoms with E-state index in [0.29, 0.717) is 0 Å². The Balaban J connectivity index is 4.70. The first-order chi connectivity index (χ1) is 6.29. The Morgan fingerprint density at radius 1 is 1.54 bits per heavy atom. The predicted octanol–water partition coefficient (Wildman–Crippen LogP) is 2.88. The number of hydrogen-bond acceptors (Lipinski definition) is 1. The summed E-state index contributed by atoms with van der Waals surface area (Å²) in [7, 11) is 0. The highest BCUT2D eigenvalue weighted by Crippen LogP contribution is 2.14. The van der Waals surface area contributed by atoms with Gasteiger partial charge in [0.2, 0.25) is 0 Å². The van der Waals surface area contributed by atoms with E-state index in [1.807, 2.05) is 13.0 Å². The summed E-state index contributed by atoms with van der Waals surface area (Å²) in [4.78, 5) is 0. The molecule has 0 aliphatic heterocycles. The molecule has 0 atom stereocenters. The monoisotopic (exact) mass is 181 g/mol. The lowest BCUT2D eigenvalue weighted by molar-refractivity contribution is 0.561. The van der Waals surface area contributed by atoms with Crippen molar-refractivity contribution in [3.63, 3.8) is 0 Å². The lowest BCUT2D eigenvalue weighted by Gasteiger charge is -2.03. The molecule has 0 heterocycles. The molecule has 2 heteroatoms. The zero-order valence-electron chi connectivity index (χ0n) is 7.96. The van der Waals surface area contributed by atoms with Crippen molar-refractivity contribution < 1.29 is 4.39 Å². The number of hydrogen-bond donors (Lipinski definition) is 1. The number of alkyl halides is 1. The molecule has 0 unspecified atom stereocenters. The maximum Gasteiger partial charge on any atom is 0.108 e. The maximum atomic E-state index is 11.9. The Hall–Kier alpha value is -1.31. The number of nitrogens with two attached hydrogens (primary N) is 1. The van der Waals surface area contributed by atoms with Gasteiger partial charge in [0, 0.05) is 0 Å². The Morgan fingerprint density at radius 2 is 2.23 bits per heavy atom. The van der Waals surface area contributed by atoms with Gasteiger partial charge in [-0.05, 0) is 23.8 Å². The molecule has 1 nitrogen and oxygen atoms in total. The van der Waals surface area contributed by atoms with Crippen LogP contribution in [-0.2, 0) is 0 Å². The summed E-state index contributed by atoms with van der Waals surface area (Å²) in [5.41, 5.74) is 7.33. The van der Waals surface area contributed by atoms with Crippen molar-refractivity contribution in [3.8, 4) is 0 Å². The molecule has 0 aromatic rings. The SMILES string of the molecule is C=C/C=C(\C=C/CF)C(=C\N)/CC. The van der Waals surface area contributed by atoms with Gasteiger partial charge in [0.1, 0.15) is 6.67 Å². The van der Waals surface area contributed by atoms with E-state index >= 15 is 0 Å². The van der Waals surface area contributed by atoms with Crippen molar-refractivity contribution in [1.29, 1.82) is 0 Å². The lowest BCUT2D eigenvalue weighted by Crippen LogP contribution is -1.90. The normalized spacial score (nSPS) is 13.7. The third-order valence-electron chi connectivity index (χ3n) is 1.64. The van der Waals surface area contributed by atoms with E-state index < -0.39 is 6.67 Å². The van der Waals surface area contributed by atoms with Crippen molar-refractivity contribution >= 4 is 0 Å². The molecule has 0 aromatic heterocycles. The third kappa shape index (κ3) is 4.31. The first kappa shape index (κ1) is 11.7. The van der Waals surface area contributed by atoms with Crippen LogP contribution in [0, 0.1) is 0 Å². The van der Waals surface area contributed by atoms with Gasteiger partial charge >= 0.3 is 0 Å². The summed E-state index contributed by atoms with van der Waals surface area (Å²) in [5.74, 6) is 0. The molecule has 0 radical (unpaired) electrons. The summed E-state index contributed by atoms with van der Waals surface area (Å²) >= 11 is 0. The predicted molar refractivity (Wildman–Crippen MR) is 56.0 cm³/mol. The summed E-state index contributed by atoms with van der Waals surface area (Å²) < 4.78 is 11.9. The highest BCUT2D eigenvalue weighted by Gasteiger charge is 1.96. The molecule has 0 aliphatic rings. The fraction of sp³-hybridized carbons (Fsp3) is 0.273. The van der Waals surface area contributed by atoms with E-state index in [1.165, 1.54) is 12.3 Å². The lowest BCUT2D eigenvalue weighted by atomic mass is 10.0. The van der Waals surface area contributed by atoms with Crippen LogP contribution in [0.25, 0.3) is 0 Å². The molecule has 0 amide bonds. The Kier molecular flexibility index (Phi) is 6.60. The Bertz CT molecular complexity index is 236. The molecule has 72 valence electrons. The fourth-order valence-electron chi connectivity index (χ4n) is 0.986. The molecule has 0 spiro atoms. The largest absolute Gasteiger partial charge is 0.404 e. The molecular formula is C11H16FN. The molecule has 13 heavy (non-hydrogen) atoms. The van der Waals surface area contributed by atoms with Crippen LogP contribution in [0.5, 0.6) is 0 Å². The van der Waals surface area contributed by atoms with Gasteiger partial charge in [-0.25, -0.2) is 4.39 Å². The molecule has 0 saturated heterocycles. The molecule has 0 bridgehead atoms. The maximum absolute atomic E-state index is 11.9. The van der Waals surface area contributed by atoms with Crippen LogP contribution in [0.1, 0.15) is 13.3 Å². The summed E-state index contributed by atoms with van der Waals surface area (Å²) in [6.45, 7) is 5.12. The third-order valence-corrected chi connectivity index (χ3v) is 1.64. The summed E-state index contributed by atoms with van der Waals surface area (Å²) in [6, 6.07) is 0. The van der Waals surface area contributed by atoms with Crippen LogP contribution < -0.4 is 5.73 Å². The molecule has 0 aliphatic carbocycles. The van der Waals surface area contributed by atoms with Gasteiger partial charge in [-0.1, -0.05) is 37.8 Å². The average Bonchev–Trinajstić information content (AvgIpc) is 2.16. The highest BCUT2D eigenvalue weighted by molar-refractivity contribution is 5.41. The van der Waals surface area contributed by atoms with E-state index in [1.54, 1.807) is 12.2 Å². The van der Waals surface area contributed by atoms with E-state index in [0.717, 1.165) is 17.6 Å². The van der Waals surface area contributed by atoms with Crippen LogP contribution in [0.15, 0.2) is 48.2 Å². The van der Waals surface area contributed by atoms with E-state index in [2.05, 4.69) is 6.58 Å². The average molecular weight is 181 g/mol. The van der Waals surface area contributed by atoms with E-state index in [9.17, 15) is 4.39 Å². The van der Waals surface area contributed by atoms with E-state index in [4.69, 9.17) is 5.73 Å². The summed E-state index contributed by atoms with van der Waals surface area (Å²) in [6.07, 6.45) is 9.01. The zero-order valence-corrected chi connectivity index (χ0v) is 7.96. The van der Waals surface area contributed by atoms with Gasteiger partial charge in [-0.2, -0.15) is 0 Å². The van der Waals surface area contributed by atoms with Gasteiger partial charge in [0.05, 0.1) is 0 Å². The summed E-state index contributed by atoms with van der Waals surface area (Å²) in [5, 5.41) is 0. The van der Waals surface area contributed by atoms with Gasteiger partial charge in [0.25, 0.3) is 0 Å². The zero-order chi connectivity index (χ0) is 10.1. The highest BCUT2D eigenvalue weighted by atomic mass is 19.1. The molecule has 2 N–H and O–H groups in total. The van der Waals surface area contributed by atoms with Crippen molar-refractivity contribution in [2.75, 3.05) is 6.67 Å². The Morgan fingerprint density at radius 3 is 2.62 bits per heavy atom. The van der Waals surface area contributed by atoms with Crippen LogP contribution >= 0.6 is 0 Å². The van der Waals surface area contributed by atoms with Crippen molar-refractivity contribution in [2.45, 2.75) is 13.3 Å². The van der Waals surface area contributed by atoms with Gasteiger partial charge in [-0.15, -0.1) is 0 Å². The molecule has 0 saturated carbocycles. The van der Waals surface area contributed by atoms with Crippen LogP contribution in [-0.4, -0.2) is 6.67 Å². The minimum atomic E-state index is -0.462. The second-order valence-corrected chi connectivity index (χ2v) is 2.46. The van der Waals surface area contributed by atoms with Crippen molar-refractivity contribution in [1.82, 2.24) is 0 Å². The number of rotatable bonds is 5. The first-order valence-corrected chi connectivity index (χ1v) is 4.26. The van der Waals surface area contributed by atoms with Gasteiger partial charge in [0.15, 0.2) is 0 Å². The van der Waals surface area contributed by atoms with E-state index in [-0.39, 0.29) is 0 Å². The van der Waals surface area contributed by atoms with Crippen molar-refractivity contribution in [3.05, 3.63) is 48.2 Å². The second-order valence-electron chi connectivity index (χ2n) is 2.46. The van der Waals surface area contributed by atoms with Crippen LogP contribution in [0.3, 0.4) is 0 Å². The smallest absolute Gasteiger partial charge is 0.108 e.